The van der Waals surface area contributed by atoms with Crippen molar-refractivity contribution < 1.29 is 14.6 Å². The van der Waals surface area contributed by atoms with Gasteiger partial charge in [0.2, 0.25) is 0 Å². The molecule has 0 radical (unpaired) electrons. The zero-order valence-electron chi connectivity index (χ0n) is 15.6. The van der Waals surface area contributed by atoms with Crippen LogP contribution < -0.4 is 4.74 Å². The Morgan fingerprint density at radius 1 is 1.15 bits per heavy atom. The summed E-state index contributed by atoms with van der Waals surface area (Å²) in [7, 11) is 0. The standard InChI is InChI=1S/C23H27NO3/c25-20(14-24-12-18-11-19(18)13-24)15-27-22-6-5-16-3-1-2-4-21(16)23(22)17-7-9-26-10-8-17/h1-7,18-20,25H,8-15H2/t18-,19+,20?. The maximum Gasteiger partial charge on any atom is 0.127 e. The number of nitrogens with zero attached hydrogens (tertiary/aromatic N) is 1. The summed E-state index contributed by atoms with van der Waals surface area (Å²) in [5.74, 6) is 2.65. The second kappa shape index (κ2) is 7.27. The van der Waals surface area contributed by atoms with E-state index >= 15 is 0 Å². The van der Waals surface area contributed by atoms with Crippen molar-refractivity contribution in [2.24, 2.45) is 11.8 Å². The Bertz CT molecular complexity index is 852. The van der Waals surface area contributed by atoms with E-state index in [4.69, 9.17) is 9.47 Å². The van der Waals surface area contributed by atoms with E-state index in [1.807, 2.05) is 6.07 Å². The highest BCUT2D eigenvalue weighted by Gasteiger charge is 2.45. The van der Waals surface area contributed by atoms with Gasteiger partial charge in [-0.25, -0.2) is 0 Å². The van der Waals surface area contributed by atoms with E-state index in [1.54, 1.807) is 0 Å². The first kappa shape index (κ1) is 17.2. The number of benzene rings is 2. The van der Waals surface area contributed by atoms with Gasteiger partial charge in [-0.3, -0.25) is 0 Å². The maximum atomic E-state index is 10.5. The fourth-order valence-electron chi connectivity index (χ4n) is 4.64. The number of fused-ring (bicyclic) bond motifs is 2. The fourth-order valence-corrected chi connectivity index (χ4v) is 4.64. The number of aliphatic hydroxyl groups excluding tert-OH is 1. The van der Waals surface area contributed by atoms with Gasteiger partial charge in [-0.15, -0.1) is 0 Å². The van der Waals surface area contributed by atoms with Crippen molar-refractivity contribution >= 4 is 16.3 Å². The molecule has 0 bridgehead atoms. The van der Waals surface area contributed by atoms with Crippen molar-refractivity contribution in [3.05, 3.63) is 48.0 Å². The summed E-state index contributed by atoms with van der Waals surface area (Å²) in [6.07, 6.45) is 3.99. The van der Waals surface area contributed by atoms with Crippen molar-refractivity contribution in [3.8, 4) is 5.75 Å². The largest absolute Gasteiger partial charge is 0.490 e. The minimum Gasteiger partial charge on any atom is -0.490 e. The number of hydrogen-bond donors (Lipinski definition) is 1. The van der Waals surface area contributed by atoms with Crippen LogP contribution in [-0.2, 0) is 4.74 Å². The van der Waals surface area contributed by atoms with Gasteiger partial charge in [0.05, 0.1) is 13.2 Å². The van der Waals surface area contributed by atoms with E-state index < -0.39 is 6.10 Å². The highest BCUT2D eigenvalue weighted by Crippen LogP contribution is 2.44. The lowest BCUT2D eigenvalue weighted by atomic mass is 9.94. The summed E-state index contributed by atoms with van der Waals surface area (Å²) < 4.78 is 11.6. The summed E-state index contributed by atoms with van der Waals surface area (Å²) in [4.78, 5) is 2.38. The molecule has 2 aromatic rings. The lowest BCUT2D eigenvalue weighted by molar-refractivity contribution is 0.0722. The van der Waals surface area contributed by atoms with E-state index in [9.17, 15) is 5.11 Å². The molecule has 4 heteroatoms. The van der Waals surface area contributed by atoms with Gasteiger partial charge >= 0.3 is 0 Å². The Balaban J connectivity index is 1.34. The molecule has 142 valence electrons. The lowest BCUT2D eigenvalue weighted by Gasteiger charge is -2.23. The highest BCUT2D eigenvalue weighted by molar-refractivity contribution is 5.96. The van der Waals surface area contributed by atoms with Crippen LogP contribution in [0, 0.1) is 11.8 Å². The van der Waals surface area contributed by atoms with Crippen LogP contribution in [0.2, 0.25) is 0 Å². The molecule has 3 atom stereocenters. The lowest BCUT2D eigenvalue weighted by Crippen LogP contribution is -2.35. The van der Waals surface area contributed by atoms with Gasteiger partial charge in [-0.05, 0) is 47.1 Å². The zero-order chi connectivity index (χ0) is 18.2. The van der Waals surface area contributed by atoms with E-state index in [2.05, 4.69) is 41.3 Å². The molecule has 2 aliphatic heterocycles. The summed E-state index contributed by atoms with van der Waals surface area (Å²) in [5, 5.41) is 12.9. The molecular weight excluding hydrogens is 338 g/mol. The molecule has 5 rings (SSSR count). The molecule has 27 heavy (non-hydrogen) atoms. The van der Waals surface area contributed by atoms with Crippen LogP contribution in [-0.4, -0.2) is 55.6 Å². The Labute approximate surface area is 160 Å². The van der Waals surface area contributed by atoms with Crippen molar-refractivity contribution in [2.75, 3.05) is 39.5 Å². The Kier molecular flexibility index (Phi) is 4.64. The summed E-state index contributed by atoms with van der Waals surface area (Å²) >= 11 is 0. The number of β-amino-alcohol motifs (C(OH)–C–C–N with tert-alkyl or cyclic N) is 1. The van der Waals surface area contributed by atoms with E-state index in [1.165, 1.54) is 22.8 Å². The molecule has 2 aromatic carbocycles. The first-order valence-corrected chi connectivity index (χ1v) is 10.1. The quantitative estimate of drug-likeness (QED) is 0.853. The van der Waals surface area contributed by atoms with Crippen LogP contribution in [0.3, 0.4) is 0 Å². The maximum absolute atomic E-state index is 10.5. The minimum absolute atomic E-state index is 0.334. The van der Waals surface area contributed by atoms with Gasteiger partial charge in [0, 0.05) is 25.2 Å². The molecular formula is C23H27NO3. The fraction of sp³-hybridized carbons (Fsp3) is 0.478. The van der Waals surface area contributed by atoms with E-state index in [0.717, 1.165) is 49.3 Å². The number of piperidine rings is 1. The second-order valence-corrected chi connectivity index (χ2v) is 8.15. The number of likely N-dealkylation sites (tertiary alicyclic amines) is 1. The summed E-state index contributed by atoms with van der Waals surface area (Å²) in [6.45, 7) is 4.74. The van der Waals surface area contributed by atoms with Gasteiger partial charge in [0.25, 0.3) is 0 Å². The third-order valence-corrected chi connectivity index (χ3v) is 6.13. The zero-order valence-corrected chi connectivity index (χ0v) is 15.6. The Hall–Kier alpha value is -1.88. The van der Waals surface area contributed by atoms with E-state index in [-0.39, 0.29) is 0 Å². The summed E-state index contributed by atoms with van der Waals surface area (Å²) in [5.41, 5.74) is 2.44. The predicted octanol–water partition coefficient (Wildman–Crippen LogP) is 3.33. The minimum atomic E-state index is -0.453. The molecule has 1 saturated heterocycles. The average Bonchev–Trinajstić information content (AvgIpc) is 3.32. The van der Waals surface area contributed by atoms with Gasteiger partial charge < -0.3 is 19.5 Å². The van der Waals surface area contributed by atoms with Crippen molar-refractivity contribution in [2.45, 2.75) is 18.9 Å². The SMILES string of the molecule is OC(COc1ccc2ccccc2c1C1=CCOCC1)CN1C[C@H]2C[C@H]2C1. The van der Waals surface area contributed by atoms with Crippen LogP contribution in [0.25, 0.3) is 16.3 Å². The number of aliphatic hydroxyl groups is 1. The third-order valence-electron chi connectivity index (χ3n) is 6.13. The van der Waals surface area contributed by atoms with Crippen LogP contribution >= 0.6 is 0 Å². The van der Waals surface area contributed by atoms with Gasteiger partial charge in [-0.2, -0.15) is 0 Å². The van der Waals surface area contributed by atoms with Crippen LogP contribution in [0.15, 0.2) is 42.5 Å². The molecule has 4 nitrogen and oxygen atoms in total. The Morgan fingerprint density at radius 2 is 2.00 bits per heavy atom. The van der Waals surface area contributed by atoms with Crippen LogP contribution in [0.5, 0.6) is 5.75 Å². The van der Waals surface area contributed by atoms with Crippen LogP contribution in [0.1, 0.15) is 18.4 Å². The third kappa shape index (κ3) is 3.62. The molecule has 2 fully saturated rings. The molecule has 1 N–H and O–H groups in total. The summed E-state index contributed by atoms with van der Waals surface area (Å²) in [6, 6.07) is 12.6. The van der Waals surface area contributed by atoms with Crippen molar-refractivity contribution in [1.29, 1.82) is 0 Å². The molecule has 1 aliphatic carbocycles. The number of rotatable bonds is 6. The van der Waals surface area contributed by atoms with E-state index in [0.29, 0.717) is 19.8 Å². The normalized spacial score (nSPS) is 25.9. The van der Waals surface area contributed by atoms with Crippen molar-refractivity contribution in [1.82, 2.24) is 4.90 Å². The molecule has 1 unspecified atom stereocenters. The molecule has 0 spiro atoms. The Morgan fingerprint density at radius 3 is 2.81 bits per heavy atom. The second-order valence-electron chi connectivity index (χ2n) is 8.15. The predicted molar refractivity (Wildman–Crippen MR) is 107 cm³/mol. The van der Waals surface area contributed by atoms with Gasteiger partial charge in [0.15, 0.2) is 0 Å². The molecule has 0 amide bonds. The average molecular weight is 365 g/mol. The smallest absolute Gasteiger partial charge is 0.127 e. The molecule has 0 aromatic heterocycles. The first-order chi connectivity index (χ1) is 13.3. The number of hydrogen-bond acceptors (Lipinski definition) is 4. The molecule has 3 aliphatic rings. The van der Waals surface area contributed by atoms with Gasteiger partial charge in [0.1, 0.15) is 18.5 Å². The molecule has 2 heterocycles. The van der Waals surface area contributed by atoms with Crippen molar-refractivity contribution in [3.63, 3.8) is 0 Å². The van der Waals surface area contributed by atoms with Crippen LogP contribution in [0.4, 0.5) is 0 Å². The first-order valence-electron chi connectivity index (χ1n) is 10.1. The number of ether oxygens (including phenoxy) is 2. The topological polar surface area (TPSA) is 41.9 Å². The molecule has 1 saturated carbocycles. The van der Waals surface area contributed by atoms with Gasteiger partial charge in [-0.1, -0.05) is 36.4 Å². The monoisotopic (exact) mass is 365 g/mol. The highest BCUT2D eigenvalue weighted by atomic mass is 16.5.